The van der Waals surface area contributed by atoms with Crippen LogP contribution < -0.4 is 10.7 Å². The van der Waals surface area contributed by atoms with Crippen molar-refractivity contribution < 1.29 is 4.42 Å². The number of allylic oxidation sites excluding steroid dienone is 1. The summed E-state index contributed by atoms with van der Waals surface area (Å²) in [5.41, 5.74) is 2.67. The smallest absolute Gasteiger partial charge is 0.186 e. The van der Waals surface area contributed by atoms with Crippen LogP contribution in [0.2, 0.25) is 0 Å². The maximum atomic E-state index is 5.09. The van der Waals surface area contributed by atoms with E-state index in [9.17, 15) is 0 Å². The van der Waals surface area contributed by atoms with Crippen LogP contribution in [0.25, 0.3) is 6.08 Å². The summed E-state index contributed by atoms with van der Waals surface area (Å²) < 4.78 is 5.09. The second-order valence-electron chi connectivity index (χ2n) is 2.62. The molecule has 0 amide bonds. The third-order valence-electron chi connectivity index (χ3n) is 1.47. The van der Waals surface area contributed by atoms with Gasteiger partial charge in [-0.3, -0.25) is 5.43 Å². The van der Waals surface area contributed by atoms with Gasteiger partial charge in [0.1, 0.15) is 5.76 Å². The zero-order chi connectivity index (χ0) is 10.9. The highest BCUT2D eigenvalue weighted by atomic mass is 32.1. The van der Waals surface area contributed by atoms with Gasteiger partial charge >= 0.3 is 0 Å². The number of rotatable bonds is 4. The predicted octanol–water partition coefficient (Wildman–Crippen LogP) is 1.76. The molecule has 0 aliphatic rings. The van der Waals surface area contributed by atoms with Gasteiger partial charge in [0.2, 0.25) is 0 Å². The highest BCUT2D eigenvalue weighted by Gasteiger charge is 1.86. The molecule has 4 nitrogen and oxygen atoms in total. The lowest BCUT2D eigenvalue weighted by atomic mass is 10.4. The standard InChI is InChI=1S/C10H13N3OS/c1-2-11-10(15)13-12-7-3-5-9-6-4-8-14-9/h3-8H,2H2,1H3,(H2,11,13,15)/b5-3+,12-7+. The van der Waals surface area contributed by atoms with Crippen LogP contribution in [0.15, 0.2) is 34.0 Å². The van der Waals surface area contributed by atoms with Gasteiger partial charge in [0.25, 0.3) is 0 Å². The number of hydrogen-bond acceptors (Lipinski definition) is 3. The van der Waals surface area contributed by atoms with Crippen LogP contribution in [0.4, 0.5) is 0 Å². The summed E-state index contributed by atoms with van der Waals surface area (Å²) in [5, 5.41) is 7.31. The minimum atomic E-state index is 0.514. The molecule has 0 atom stereocenters. The number of nitrogens with one attached hydrogen (secondary N) is 2. The van der Waals surface area contributed by atoms with Crippen molar-refractivity contribution in [3.05, 3.63) is 30.2 Å². The first-order valence-corrected chi connectivity index (χ1v) is 5.01. The molecule has 0 bridgehead atoms. The molecule has 0 aromatic carbocycles. The van der Waals surface area contributed by atoms with Crippen molar-refractivity contribution in [2.24, 2.45) is 5.10 Å². The molecule has 0 aliphatic carbocycles. The summed E-state index contributed by atoms with van der Waals surface area (Å²) in [7, 11) is 0. The zero-order valence-corrected chi connectivity index (χ0v) is 9.25. The van der Waals surface area contributed by atoms with E-state index in [2.05, 4.69) is 15.8 Å². The molecule has 80 valence electrons. The molecule has 5 heteroatoms. The number of furan rings is 1. The van der Waals surface area contributed by atoms with E-state index in [0.29, 0.717) is 5.11 Å². The van der Waals surface area contributed by atoms with E-state index in [-0.39, 0.29) is 0 Å². The average Bonchev–Trinajstić information content (AvgIpc) is 2.70. The monoisotopic (exact) mass is 223 g/mol. The van der Waals surface area contributed by atoms with Crippen molar-refractivity contribution in [1.82, 2.24) is 10.7 Å². The normalized spacial score (nSPS) is 11.0. The van der Waals surface area contributed by atoms with Crippen LogP contribution in [-0.2, 0) is 0 Å². The fourth-order valence-electron chi connectivity index (χ4n) is 0.863. The molecule has 1 heterocycles. The van der Waals surface area contributed by atoms with E-state index < -0.39 is 0 Å². The van der Waals surface area contributed by atoms with E-state index in [1.54, 1.807) is 18.6 Å². The Kier molecular flexibility index (Phi) is 5.18. The van der Waals surface area contributed by atoms with Crippen molar-refractivity contribution in [3.63, 3.8) is 0 Å². The fourth-order valence-corrected chi connectivity index (χ4v) is 1.06. The molecular weight excluding hydrogens is 210 g/mol. The van der Waals surface area contributed by atoms with Gasteiger partial charge in [-0.05, 0) is 43.4 Å². The van der Waals surface area contributed by atoms with E-state index in [0.717, 1.165) is 12.3 Å². The van der Waals surface area contributed by atoms with E-state index in [4.69, 9.17) is 16.6 Å². The Hall–Kier alpha value is -1.62. The largest absolute Gasteiger partial charge is 0.465 e. The maximum absolute atomic E-state index is 5.09. The third-order valence-corrected chi connectivity index (χ3v) is 1.70. The molecule has 0 fully saturated rings. The highest BCUT2D eigenvalue weighted by molar-refractivity contribution is 7.80. The molecule has 0 saturated heterocycles. The first-order chi connectivity index (χ1) is 7.33. The molecule has 0 radical (unpaired) electrons. The Morgan fingerprint density at radius 1 is 1.67 bits per heavy atom. The number of nitrogens with zero attached hydrogens (tertiary/aromatic N) is 1. The molecule has 1 aromatic heterocycles. The van der Waals surface area contributed by atoms with Crippen LogP contribution in [0.3, 0.4) is 0 Å². The topological polar surface area (TPSA) is 49.6 Å². The summed E-state index contributed by atoms with van der Waals surface area (Å²) in [4.78, 5) is 0. The molecule has 0 spiro atoms. The molecular formula is C10H13N3OS. The molecule has 1 aromatic rings. The van der Waals surface area contributed by atoms with Crippen molar-refractivity contribution in [2.75, 3.05) is 6.54 Å². The van der Waals surface area contributed by atoms with Crippen molar-refractivity contribution in [1.29, 1.82) is 0 Å². The Morgan fingerprint density at radius 3 is 3.20 bits per heavy atom. The maximum Gasteiger partial charge on any atom is 0.186 e. The first-order valence-electron chi connectivity index (χ1n) is 4.60. The minimum absolute atomic E-state index is 0.514. The molecule has 0 aliphatic heterocycles. The van der Waals surface area contributed by atoms with Crippen LogP contribution in [-0.4, -0.2) is 17.9 Å². The van der Waals surface area contributed by atoms with Gasteiger partial charge in [-0.1, -0.05) is 0 Å². The van der Waals surface area contributed by atoms with Crippen molar-refractivity contribution in [2.45, 2.75) is 6.92 Å². The SMILES string of the molecule is CCNC(=S)N/N=C/C=C/c1ccco1. The Bertz CT molecular complexity index is 344. The zero-order valence-electron chi connectivity index (χ0n) is 8.43. The Balaban J connectivity index is 2.25. The molecule has 15 heavy (non-hydrogen) atoms. The van der Waals surface area contributed by atoms with Crippen LogP contribution in [0.1, 0.15) is 12.7 Å². The van der Waals surface area contributed by atoms with Crippen molar-refractivity contribution in [3.8, 4) is 0 Å². The van der Waals surface area contributed by atoms with Crippen LogP contribution in [0.5, 0.6) is 0 Å². The third kappa shape index (κ3) is 4.97. The van der Waals surface area contributed by atoms with Gasteiger partial charge in [0, 0.05) is 12.8 Å². The summed E-state index contributed by atoms with van der Waals surface area (Å²) in [6.45, 7) is 2.75. The van der Waals surface area contributed by atoms with Crippen molar-refractivity contribution >= 4 is 29.6 Å². The van der Waals surface area contributed by atoms with E-state index in [1.165, 1.54) is 0 Å². The van der Waals surface area contributed by atoms with Gasteiger partial charge in [0.05, 0.1) is 6.26 Å². The first kappa shape index (κ1) is 11.5. The van der Waals surface area contributed by atoms with Gasteiger partial charge in [-0.25, -0.2) is 0 Å². The van der Waals surface area contributed by atoms with Crippen LogP contribution >= 0.6 is 12.2 Å². The lowest BCUT2D eigenvalue weighted by molar-refractivity contribution is 0.557. The number of hydrazone groups is 1. The highest BCUT2D eigenvalue weighted by Crippen LogP contribution is 2.00. The summed E-state index contributed by atoms with van der Waals surface area (Å²) in [6.07, 6.45) is 6.80. The molecule has 0 saturated carbocycles. The molecule has 2 N–H and O–H groups in total. The number of thiocarbonyl (C=S) groups is 1. The minimum Gasteiger partial charge on any atom is -0.465 e. The second-order valence-corrected chi connectivity index (χ2v) is 3.03. The van der Waals surface area contributed by atoms with E-state index >= 15 is 0 Å². The molecule has 1 rings (SSSR count). The Labute approximate surface area is 94.0 Å². The van der Waals surface area contributed by atoms with Gasteiger partial charge < -0.3 is 9.73 Å². The summed E-state index contributed by atoms with van der Waals surface area (Å²) in [6, 6.07) is 3.69. The van der Waals surface area contributed by atoms with Gasteiger partial charge in [-0.2, -0.15) is 5.10 Å². The lowest BCUT2D eigenvalue weighted by Gasteiger charge is -2.01. The lowest BCUT2D eigenvalue weighted by Crippen LogP contribution is -2.31. The van der Waals surface area contributed by atoms with Gasteiger partial charge in [-0.15, -0.1) is 0 Å². The summed E-state index contributed by atoms with van der Waals surface area (Å²) in [5.74, 6) is 0.788. The van der Waals surface area contributed by atoms with E-state index in [1.807, 2.05) is 25.1 Å². The fraction of sp³-hybridized carbons (Fsp3) is 0.200. The van der Waals surface area contributed by atoms with Gasteiger partial charge in [0.15, 0.2) is 5.11 Å². The molecule has 0 unspecified atom stereocenters. The predicted molar refractivity (Wildman–Crippen MR) is 65.6 cm³/mol. The second kappa shape index (κ2) is 6.78. The number of hydrogen-bond donors (Lipinski definition) is 2. The average molecular weight is 223 g/mol. The Morgan fingerprint density at radius 2 is 2.53 bits per heavy atom. The van der Waals surface area contributed by atoms with Crippen LogP contribution in [0, 0.1) is 0 Å². The summed E-state index contributed by atoms with van der Waals surface area (Å²) >= 11 is 4.90. The quantitative estimate of drug-likeness (QED) is 0.464.